The van der Waals surface area contributed by atoms with Gasteiger partial charge in [-0.15, -0.1) is 0 Å². The third-order valence-electron chi connectivity index (χ3n) is 3.92. The van der Waals surface area contributed by atoms with Crippen LogP contribution in [0.5, 0.6) is 0 Å². The number of hydrogen-bond acceptors (Lipinski definition) is 2. The van der Waals surface area contributed by atoms with Crippen LogP contribution in [-0.4, -0.2) is 9.78 Å². The Kier molecular flexibility index (Phi) is 4.71. The zero-order valence-electron chi connectivity index (χ0n) is 14.1. The number of para-hydroxylation sites is 1. The van der Waals surface area contributed by atoms with Gasteiger partial charge in [-0.1, -0.05) is 45.9 Å². The molecule has 0 atom stereocenters. The number of aryl methyl sites for hydroxylation is 2. The molecule has 114 valence electrons. The first-order valence-corrected chi connectivity index (χ1v) is 7.76. The molecule has 0 aliphatic carbocycles. The van der Waals surface area contributed by atoms with Crippen LogP contribution in [0.2, 0.25) is 0 Å². The Morgan fingerprint density at radius 2 is 1.67 bits per heavy atom. The monoisotopic (exact) mass is 285 g/mol. The first-order valence-electron chi connectivity index (χ1n) is 7.76. The minimum absolute atomic E-state index is 0.510. The maximum atomic E-state index is 4.53. The number of hydrogen-bond donors (Lipinski definition) is 1. The third-order valence-corrected chi connectivity index (χ3v) is 3.92. The summed E-state index contributed by atoms with van der Waals surface area (Å²) in [5, 5.41) is 8.17. The van der Waals surface area contributed by atoms with Gasteiger partial charge in [0.2, 0.25) is 0 Å². The van der Waals surface area contributed by atoms with Crippen LogP contribution in [0.3, 0.4) is 0 Å². The van der Waals surface area contributed by atoms with E-state index in [1.807, 2.05) is 11.7 Å². The third kappa shape index (κ3) is 3.46. The van der Waals surface area contributed by atoms with Crippen LogP contribution in [0.4, 0.5) is 5.69 Å². The van der Waals surface area contributed by atoms with Gasteiger partial charge in [-0.2, -0.15) is 5.10 Å². The number of benzene rings is 1. The molecule has 0 spiro atoms. The summed E-state index contributed by atoms with van der Waals surface area (Å²) in [5.41, 5.74) is 6.40. The van der Waals surface area contributed by atoms with Gasteiger partial charge in [0.1, 0.15) is 0 Å². The summed E-state index contributed by atoms with van der Waals surface area (Å²) in [6.45, 7) is 11.9. The molecule has 1 N–H and O–H groups in total. The normalized spacial score (nSPS) is 11.4. The molecule has 21 heavy (non-hydrogen) atoms. The summed E-state index contributed by atoms with van der Waals surface area (Å²) in [4.78, 5) is 0. The van der Waals surface area contributed by atoms with Crippen molar-refractivity contribution in [1.82, 2.24) is 9.78 Å². The van der Waals surface area contributed by atoms with Crippen LogP contribution in [0.1, 0.15) is 61.9 Å². The van der Waals surface area contributed by atoms with E-state index in [0.717, 1.165) is 12.2 Å². The Hall–Kier alpha value is -1.77. The maximum absolute atomic E-state index is 4.53. The topological polar surface area (TPSA) is 29.9 Å². The van der Waals surface area contributed by atoms with Crippen LogP contribution in [0.15, 0.2) is 24.4 Å². The Bertz CT molecular complexity index is 583. The highest BCUT2D eigenvalue weighted by Gasteiger charge is 2.14. The van der Waals surface area contributed by atoms with E-state index < -0.39 is 0 Å². The molecule has 0 amide bonds. The molecule has 0 saturated heterocycles. The van der Waals surface area contributed by atoms with E-state index in [4.69, 9.17) is 0 Å². The summed E-state index contributed by atoms with van der Waals surface area (Å²) in [6, 6.07) is 6.62. The average Bonchev–Trinajstić information content (AvgIpc) is 2.73. The molecule has 0 fully saturated rings. The van der Waals surface area contributed by atoms with Crippen LogP contribution >= 0.6 is 0 Å². The molecule has 0 bridgehead atoms. The van der Waals surface area contributed by atoms with Crippen LogP contribution in [0, 0.1) is 6.92 Å². The van der Waals surface area contributed by atoms with E-state index >= 15 is 0 Å². The van der Waals surface area contributed by atoms with Gasteiger partial charge in [-0.25, -0.2) is 0 Å². The minimum Gasteiger partial charge on any atom is -0.379 e. The number of nitrogens with zero attached hydrogens (tertiary/aromatic N) is 2. The van der Waals surface area contributed by atoms with Crippen molar-refractivity contribution in [2.24, 2.45) is 7.05 Å². The molecule has 3 heteroatoms. The first-order chi connectivity index (χ1) is 9.90. The zero-order chi connectivity index (χ0) is 15.6. The van der Waals surface area contributed by atoms with Crippen molar-refractivity contribution in [3.8, 4) is 0 Å². The fourth-order valence-corrected chi connectivity index (χ4v) is 2.75. The lowest BCUT2D eigenvalue weighted by molar-refractivity contribution is 0.746. The lowest BCUT2D eigenvalue weighted by atomic mass is 9.92. The number of anilines is 1. The maximum Gasteiger partial charge on any atom is 0.0844 e. The second-order valence-electron chi connectivity index (χ2n) is 6.41. The Morgan fingerprint density at radius 1 is 1.10 bits per heavy atom. The van der Waals surface area contributed by atoms with Crippen LogP contribution < -0.4 is 5.32 Å². The van der Waals surface area contributed by atoms with Gasteiger partial charge >= 0.3 is 0 Å². The molecule has 1 aromatic carbocycles. The van der Waals surface area contributed by atoms with Crippen molar-refractivity contribution >= 4 is 5.69 Å². The number of aromatic nitrogens is 2. The molecule has 2 rings (SSSR count). The molecule has 0 aliphatic heterocycles. The van der Waals surface area contributed by atoms with Gasteiger partial charge in [0, 0.05) is 18.9 Å². The largest absolute Gasteiger partial charge is 0.379 e. The Balaban J connectivity index is 2.31. The second kappa shape index (κ2) is 6.33. The summed E-state index contributed by atoms with van der Waals surface area (Å²) < 4.78 is 1.88. The zero-order valence-corrected chi connectivity index (χ0v) is 14.1. The molecule has 3 nitrogen and oxygen atoms in total. The predicted octanol–water partition coefficient (Wildman–Crippen LogP) is 4.59. The average molecular weight is 285 g/mol. The summed E-state index contributed by atoms with van der Waals surface area (Å²) >= 11 is 0. The molecule has 0 unspecified atom stereocenters. The van der Waals surface area contributed by atoms with Gasteiger partial charge in [-0.3, -0.25) is 4.68 Å². The van der Waals surface area contributed by atoms with Gasteiger partial charge < -0.3 is 5.32 Å². The van der Waals surface area contributed by atoms with Crippen molar-refractivity contribution < 1.29 is 0 Å². The van der Waals surface area contributed by atoms with E-state index in [1.54, 1.807) is 0 Å². The van der Waals surface area contributed by atoms with E-state index in [0.29, 0.717) is 11.8 Å². The smallest absolute Gasteiger partial charge is 0.0844 e. The molecule has 1 heterocycles. The standard InChI is InChI=1S/C18H27N3/c1-12(2)15-8-7-9-16(13(3)4)18(15)19-10-17-14(5)11-21(6)20-17/h7-9,11-13,19H,10H2,1-6H3. The van der Waals surface area contributed by atoms with E-state index in [2.05, 4.69) is 69.4 Å². The summed E-state index contributed by atoms with van der Waals surface area (Å²) in [6.07, 6.45) is 2.06. The lowest BCUT2D eigenvalue weighted by Crippen LogP contribution is -2.09. The van der Waals surface area contributed by atoms with Gasteiger partial charge in [0.25, 0.3) is 0 Å². The lowest BCUT2D eigenvalue weighted by Gasteiger charge is -2.20. The highest BCUT2D eigenvalue weighted by molar-refractivity contribution is 5.60. The highest BCUT2D eigenvalue weighted by Crippen LogP contribution is 2.32. The van der Waals surface area contributed by atoms with E-state index in [1.165, 1.54) is 22.4 Å². The van der Waals surface area contributed by atoms with Crippen molar-refractivity contribution in [3.63, 3.8) is 0 Å². The highest BCUT2D eigenvalue weighted by atomic mass is 15.3. The molecule has 0 radical (unpaired) electrons. The molecular weight excluding hydrogens is 258 g/mol. The van der Waals surface area contributed by atoms with E-state index in [9.17, 15) is 0 Å². The van der Waals surface area contributed by atoms with E-state index in [-0.39, 0.29) is 0 Å². The second-order valence-corrected chi connectivity index (χ2v) is 6.41. The van der Waals surface area contributed by atoms with Gasteiger partial charge in [0.15, 0.2) is 0 Å². The Labute approximate surface area is 128 Å². The minimum atomic E-state index is 0.510. The molecular formula is C18H27N3. The molecule has 2 aromatic rings. The first kappa shape index (κ1) is 15.6. The number of nitrogens with one attached hydrogen (secondary N) is 1. The molecule has 1 aromatic heterocycles. The van der Waals surface area contributed by atoms with Crippen LogP contribution in [-0.2, 0) is 13.6 Å². The van der Waals surface area contributed by atoms with Crippen molar-refractivity contribution in [3.05, 3.63) is 46.8 Å². The van der Waals surface area contributed by atoms with Gasteiger partial charge in [0.05, 0.1) is 12.2 Å². The van der Waals surface area contributed by atoms with Crippen molar-refractivity contribution in [2.45, 2.75) is 53.0 Å². The Morgan fingerprint density at radius 3 is 2.10 bits per heavy atom. The van der Waals surface area contributed by atoms with Crippen LogP contribution in [0.25, 0.3) is 0 Å². The molecule has 0 aliphatic rings. The van der Waals surface area contributed by atoms with Crippen molar-refractivity contribution in [1.29, 1.82) is 0 Å². The fraction of sp³-hybridized carbons (Fsp3) is 0.500. The molecule has 0 saturated carbocycles. The summed E-state index contributed by atoms with van der Waals surface area (Å²) in [7, 11) is 1.97. The quantitative estimate of drug-likeness (QED) is 0.871. The number of rotatable bonds is 5. The summed E-state index contributed by atoms with van der Waals surface area (Å²) in [5.74, 6) is 1.02. The predicted molar refractivity (Wildman–Crippen MR) is 89.9 cm³/mol. The fourth-order valence-electron chi connectivity index (χ4n) is 2.75. The SMILES string of the molecule is Cc1cn(C)nc1CNc1c(C(C)C)cccc1C(C)C. The van der Waals surface area contributed by atoms with Crippen molar-refractivity contribution in [2.75, 3.05) is 5.32 Å². The van der Waals surface area contributed by atoms with Gasteiger partial charge in [-0.05, 0) is 35.4 Å².